The van der Waals surface area contributed by atoms with E-state index in [4.69, 9.17) is 0 Å². The largest absolute Gasteiger partial charge is 0.349 e. The first-order valence-corrected chi connectivity index (χ1v) is 7.74. The number of allylic oxidation sites excluding steroid dienone is 7. The van der Waals surface area contributed by atoms with Gasteiger partial charge >= 0.3 is 0 Å². The molecule has 0 aromatic carbocycles. The Morgan fingerprint density at radius 1 is 1.10 bits per heavy atom. The van der Waals surface area contributed by atoms with Crippen molar-refractivity contribution in [2.75, 3.05) is 6.54 Å². The molecule has 0 amide bonds. The molecular formula is C20H33N. The number of hydrogen-bond acceptors (Lipinski definition) is 1. The van der Waals surface area contributed by atoms with Crippen molar-refractivity contribution in [1.82, 2.24) is 4.90 Å². The van der Waals surface area contributed by atoms with Crippen molar-refractivity contribution in [2.45, 2.75) is 54.4 Å². The van der Waals surface area contributed by atoms with Gasteiger partial charge < -0.3 is 4.90 Å². The lowest BCUT2D eigenvalue weighted by Gasteiger charge is -2.32. The maximum absolute atomic E-state index is 4.21. The minimum atomic E-state index is 0.152. The van der Waals surface area contributed by atoms with Gasteiger partial charge in [-0.15, -0.1) is 0 Å². The second kappa shape index (κ2) is 8.71. The van der Waals surface area contributed by atoms with Gasteiger partial charge in [0.2, 0.25) is 0 Å². The molecule has 1 nitrogen and oxygen atoms in total. The van der Waals surface area contributed by atoms with E-state index in [0.717, 1.165) is 25.1 Å². The lowest BCUT2D eigenvalue weighted by molar-refractivity contribution is 0.320. The van der Waals surface area contributed by atoms with Crippen molar-refractivity contribution in [3.05, 3.63) is 60.5 Å². The zero-order valence-electron chi connectivity index (χ0n) is 14.9. The van der Waals surface area contributed by atoms with Crippen LogP contribution in [0.5, 0.6) is 0 Å². The molecule has 0 aliphatic rings. The molecule has 0 aromatic rings. The molecule has 0 aliphatic carbocycles. The summed E-state index contributed by atoms with van der Waals surface area (Å²) in [6, 6.07) is 0. The number of rotatable bonds is 9. The van der Waals surface area contributed by atoms with Crippen LogP contribution in [0.25, 0.3) is 0 Å². The van der Waals surface area contributed by atoms with Crippen molar-refractivity contribution in [1.29, 1.82) is 0 Å². The summed E-state index contributed by atoms with van der Waals surface area (Å²) in [6.07, 6.45) is 8.14. The molecule has 0 atom stereocenters. The van der Waals surface area contributed by atoms with E-state index < -0.39 is 0 Å². The summed E-state index contributed by atoms with van der Waals surface area (Å²) in [6.45, 7) is 26.0. The molecule has 0 fully saturated rings. The highest BCUT2D eigenvalue weighted by Crippen LogP contribution is 2.30. The Hall–Kier alpha value is -1.50. The highest BCUT2D eigenvalue weighted by Gasteiger charge is 2.20. The summed E-state index contributed by atoms with van der Waals surface area (Å²) in [5, 5.41) is 0. The van der Waals surface area contributed by atoms with Crippen LogP contribution >= 0.6 is 0 Å². The van der Waals surface area contributed by atoms with Gasteiger partial charge in [-0.2, -0.15) is 0 Å². The van der Waals surface area contributed by atoms with Gasteiger partial charge in [-0.3, -0.25) is 0 Å². The first kappa shape index (κ1) is 19.5. The van der Waals surface area contributed by atoms with Crippen molar-refractivity contribution in [3.63, 3.8) is 0 Å². The van der Waals surface area contributed by atoms with Crippen LogP contribution in [-0.2, 0) is 0 Å². The van der Waals surface area contributed by atoms with Gasteiger partial charge in [-0.05, 0) is 45.1 Å². The smallest absolute Gasteiger partial charge is 0.0232 e. The van der Waals surface area contributed by atoms with Crippen LogP contribution < -0.4 is 0 Å². The van der Waals surface area contributed by atoms with E-state index >= 15 is 0 Å². The van der Waals surface area contributed by atoms with Crippen LogP contribution in [0, 0.1) is 5.41 Å². The van der Waals surface area contributed by atoms with Crippen LogP contribution in [0.4, 0.5) is 0 Å². The SMILES string of the molecule is C=C/C(C)=C\C=C(/C)N(CCC(C)(C)C(=C)C)C(=C)CC. The minimum Gasteiger partial charge on any atom is -0.349 e. The molecule has 0 aliphatic heterocycles. The first-order valence-electron chi connectivity index (χ1n) is 7.74. The Balaban J connectivity index is 5.10. The van der Waals surface area contributed by atoms with Crippen LogP contribution in [0.3, 0.4) is 0 Å². The van der Waals surface area contributed by atoms with Crippen molar-refractivity contribution in [3.8, 4) is 0 Å². The lowest BCUT2D eigenvalue weighted by atomic mass is 9.82. The quantitative estimate of drug-likeness (QED) is 0.358. The summed E-state index contributed by atoms with van der Waals surface area (Å²) in [7, 11) is 0. The van der Waals surface area contributed by atoms with E-state index in [1.165, 1.54) is 16.8 Å². The lowest BCUT2D eigenvalue weighted by Crippen LogP contribution is -2.26. The fraction of sp³-hybridized carbons (Fsp3) is 0.500. The molecular weight excluding hydrogens is 254 g/mol. The van der Waals surface area contributed by atoms with E-state index in [0.29, 0.717) is 0 Å². The van der Waals surface area contributed by atoms with Gasteiger partial charge in [0.1, 0.15) is 0 Å². The average Bonchev–Trinajstić information content (AvgIpc) is 2.43. The maximum atomic E-state index is 4.21. The Kier molecular flexibility index (Phi) is 8.09. The molecule has 0 saturated heterocycles. The molecule has 0 rings (SSSR count). The summed E-state index contributed by atoms with van der Waals surface area (Å²) in [4.78, 5) is 2.32. The van der Waals surface area contributed by atoms with Crippen LogP contribution in [0.2, 0.25) is 0 Å². The van der Waals surface area contributed by atoms with Crippen molar-refractivity contribution < 1.29 is 0 Å². The molecule has 0 saturated carbocycles. The molecule has 0 spiro atoms. The van der Waals surface area contributed by atoms with Gasteiger partial charge in [0.15, 0.2) is 0 Å². The van der Waals surface area contributed by atoms with Gasteiger partial charge in [-0.25, -0.2) is 0 Å². The topological polar surface area (TPSA) is 3.24 Å². The normalized spacial score (nSPS) is 13.0. The van der Waals surface area contributed by atoms with Gasteiger partial charge in [0.05, 0.1) is 0 Å². The molecule has 0 heterocycles. The van der Waals surface area contributed by atoms with E-state index in [9.17, 15) is 0 Å². The zero-order chi connectivity index (χ0) is 16.6. The average molecular weight is 287 g/mol. The second-order valence-electron chi connectivity index (χ2n) is 6.41. The summed E-state index contributed by atoms with van der Waals surface area (Å²) < 4.78 is 0. The van der Waals surface area contributed by atoms with Crippen molar-refractivity contribution in [2.24, 2.45) is 5.41 Å². The van der Waals surface area contributed by atoms with E-state index in [1.54, 1.807) is 0 Å². The fourth-order valence-electron chi connectivity index (χ4n) is 1.79. The summed E-state index contributed by atoms with van der Waals surface area (Å²) in [5.74, 6) is 0. The monoisotopic (exact) mass is 287 g/mol. The molecule has 0 unspecified atom stereocenters. The standard InChI is InChI=1S/C20H33N/c1-10-17(5)12-13-19(7)21(18(6)11-2)15-14-20(8,9)16(3)4/h10,12-13H,1,3,6,11,14-15H2,2,4-5,7-9H3/b17-12-,19-13+. The van der Waals surface area contributed by atoms with E-state index in [-0.39, 0.29) is 5.41 Å². The Morgan fingerprint density at radius 2 is 1.67 bits per heavy atom. The molecule has 21 heavy (non-hydrogen) atoms. The van der Waals surface area contributed by atoms with Gasteiger partial charge in [-0.1, -0.05) is 63.8 Å². The predicted octanol–water partition coefficient (Wildman–Crippen LogP) is 6.24. The maximum Gasteiger partial charge on any atom is 0.0232 e. The Bertz CT molecular complexity index is 446. The molecule has 0 radical (unpaired) electrons. The van der Waals surface area contributed by atoms with Crippen LogP contribution in [0.15, 0.2) is 60.5 Å². The molecule has 1 heteroatoms. The third kappa shape index (κ3) is 6.66. The highest BCUT2D eigenvalue weighted by molar-refractivity contribution is 5.23. The Labute approximate surface area is 132 Å². The summed E-state index contributed by atoms with van der Waals surface area (Å²) >= 11 is 0. The van der Waals surface area contributed by atoms with Crippen LogP contribution in [0.1, 0.15) is 54.4 Å². The zero-order valence-corrected chi connectivity index (χ0v) is 14.9. The van der Waals surface area contributed by atoms with Crippen molar-refractivity contribution >= 4 is 0 Å². The molecule has 0 N–H and O–H groups in total. The second-order valence-corrected chi connectivity index (χ2v) is 6.41. The first-order chi connectivity index (χ1) is 9.65. The predicted molar refractivity (Wildman–Crippen MR) is 97.1 cm³/mol. The Morgan fingerprint density at radius 3 is 2.10 bits per heavy atom. The summed E-state index contributed by atoms with van der Waals surface area (Å²) in [5.41, 5.74) is 4.93. The number of nitrogens with zero attached hydrogens (tertiary/aromatic N) is 1. The third-order valence-electron chi connectivity index (χ3n) is 4.24. The van der Waals surface area contributed by atoms with Gasteiger partial charge in [0.25, 0.3) is 0 Å². The minimum absolute atomic E-state index is 0.152. The third-order valence-corrected chi connectivity index (χ3v) is 4.24. The molecule has 118 valence electrons. The van der Waals surface area contributed by atoms with Gasteiger partial charge in [0, 0.05) is 17.9 Å². The highest BCUT2D eigenvalue weighted by atomic mass is 15.1. The molecule has 0 aromatic heterocycles. The fourth-order valence-corrected chi connectivity index (χ4v) is 1.79. The van der Waals surface area contributed by atoms with E-state index in [1.807, 2.05) is 6.08 Å². The molecule has 0 bridgehead atoms. The number of hydrogen-bond donors (Lipinski definition) is 0. The van der Waals surface area contributed by atoms with E-state index in [2.05, 4.69) is 78.3 Å². The van der Waals surface area contributed by atoms with Crippen LogP contribution in [-0.4, -0.2) is 11.4 Å².